The Balaban J connectivity index is 1.88. The minimum Gasteiger partial charge on any atom is -0.461 e. The first kappa shape index (κ1) is 14.8. The van der Waals surface area contributed by atoms with Crippen LogP contribution in [-0.2, 0) is 6.42 Å². The molecule has 0 aromatic carbocycles. The van der Waals surface area contributed by atoms with Gasteiger partial charge in [-0.1, -0.05) is 6.08 Å². The van der Waals surface area contributed by atoms with Crippen LogP contribution in [0.1, 0.15) is 12.7 Å². The van der Waals surface area contributed by atoms with Crippen molar-refractivity contribution in [3.8, 4) is 11.6 Å². The van der Waals surface area contributed by atoms with E-state index in [0.717, 1.165) is 18.3 Å². The van der Waals surface area contributed by atoms with Gasteiger partial charge in [-0.25, -0.2) is 4.98 Å². The van der Waals surface area contributed by atoms with Crippen LogP contribution in [-0.4, -0.2) is 40.8 Å². The number of rotatable bonds is 7. The van der Waals surface area contributed by atoms with E-state index in [0.29, 0.717) is 31.1 Å². The first-order valence-electron chi connectivity index (χ1n) is 6.91. The molecule has 7 heteroatoms. The predicted octanol–water partition coefficient (Wildman–Crippen LogP) is 1.35. The number of aromatic amines is 1. The number of guanidine groups is 1. The lowest BCUT2D eigenvalue weighted by Crippen LogP contribution is -2.37. The normalized spacial score (nSPS) is 11.4. The molecule has 0 atom stereocenters. The maximum atomic E-state index is 5.25. The topological polar surface area (TPSA) is 91.1 Å². The first-order chi connectivity index (χ1) is 10.3. The molecule has 2 rings (SSSR count). The van der Waals surface area contributed by atoms with Crippen LogP contribution in [0.4, 0.5) is 0 Å². The molecule has 0 aliphatic rings. The second-order valence-electron chi connectivity index (χ2n) is 4.26. The van der Waals surface area contributed by atoms with Gasteiger partial charge in [-0.3, -0.25) is 10.1 Å². The van der Waals surface area contributed by atoms with Crippen LogP contribution in [0, 0.1) is 0 Å². The van der Waals surface area contributed by atoms with Gasteiger partial charge in [0, 0.05) is 26.1 Å². The molecule has 2 heterocycles. The average molecular weight is 288 g/mol. The van der Waals surface area contributed by atoms with Crippen molar-refractivity contribution in [3.63, 3.8) is 0 Å². The lowest BCUT2D eigenvalue weighted by molar-refractivity contribution is 0.577. The van der Waals surface area contributed by atoms with E-state index in [9.17, 15) is 0 Å². The quantitative estimate of drug-likeness (QED) is 0.406. The minimum atomic E-state index is 0.565. The Morgan fingerprint density at radius 2 is 2.43 bits per heavy atom. The summed E-state index contributed by atoms with van der Waals surface area (Å²) in [7, 11) is 0. The van der Waals surface area contributed by atoms with Crippen molar-refractivity contribution < 1.29 is 4.42 Å². The number of furan rings is 1. The van der Waals surface area contributed by atoms with Gasteiger partial charge in [0.2, 0.25) is 5.82 Å². The van der Waals surface area contributed by atoms with Gasteiger partial charge in [-0.2, -0.15) is 5.10 Å². The van der Waals surface area contributed by atoms with E-state index < -0.39 is 0 Å². The SMILES string of the molecule is C=CCNC(=NCCc1nc(-c2ccco2)n[nH]1)NCC. The molecule has 0 radical (unpaired) electrons. The summed E-state index contributed by atoms with van der Waals surface area (Å²) >= 11 is 0. The van der Waals surface area contributed by atoms with E-state index in [-0.39, 0.29) is 0 Å². The molecule has 3 N–H and O–H groups in total. The molecule has 21 heavy (non-hydrogen) atoms. The van der Waals surface area contributed by atoms with Gasteiger partial charge in [0.1, 0.15) is 5.82 Å². The van der Waals surface area contributed by atoms with Crippen LogP contribution >= 0.6 is 0 Å². The van der Waals surface area contributed by atoms with Crippen molar-refractivity contribution in [1.82, 2.24) is 25.8 Å². The highest BCUT2D eigenvalue weighted by molar-refractivity contribution is 5.79. The highest BCUT2D eigenvalue weighted by Gasteiger charge is 2.07. The zero-order chi connectivity index (χ0) is 14.9. The number of hydrogen-bond donors (Lipinski definition) is 3. The second-order valence-corrected chi connectivity index (χ2v) is 4.26. The summed E-state index contributed by atoms with van der Waals surface area (Å²) < 4.78 is 5.25. The fourth-order valence-corrected chi connectivity index (χ4v) is 1.71. The Morgan fingerprint density at radius 1 is 1.52 bits per heavy atom. The third kappa shape index (κ3) is 4.48. The van der Waals surface area contributed by atoms with E-state index in [1.807, 2.05) is 19.1 Å². The summed E-state index contributed by atoms with van der Waals surface area (Å²) in [6.07, 6.45) is 4.07. The molecule has 0 saturated heterocycles. The smallest absolute Gasteiger partial charge is 0.216 e. The molecular formula is C14H20N6O. The molecule has 2 aromatic rings. The van der Waals surface area contributed by atoms with Gasteiger partial charge in [0.15, 0.2) is 11.7 Å². The van der Waals surface area contributed by atoms with Gasteiger partial charge in [0.05, 0.1) is 6.26 Å². The van der Waals surface area contributed by atoms with Crippen molar-refractivity contribution in [1.29, 1.82) is 0 Å². The first-order valence-corrected chi connectivity index (χ1v) is 6.91. The number of H-pyrrole nitrogens is 1. The minimum absolute atomic E-state index is 0.565. The lowest BCUT2D eigenvalue weighted by atomic mass is 10.4. The van der Waals surface area contributed by atoms with Crippen LogP contribution in [0.3, 0.4) is 0 Å². The fourth-order valence-electron chi connectivity index (χ4n) is 1.71. The van der Waals surface area contributed by atoms with E-state index >= 15 is 0 Å². The predicted molar refractivity (Wildman–Crippen MR) is 82.0 cm³/mol. The largest absolute Gasteiger partial charge is 0.461 e. The van der Waals surface area contributed by atoms with Crippen molar-refractivity contribution in [3.05, 3.63) is 36.9 Å². The molecule has 7 nitrogen and oxygen atoms in total. The third-order valence-electron chi connectivity index (χ3n) is 2.65. The Bertz CT molecular complexity index is 572. The monoisotopic (exact) mass is 288 g/mol. The summed E-state index contributed by atoms with van der Waals surface area (Å²) in [4.78, 5) is 8.82. The molecule has 0 aliphatic carbocycles. The molecular weight excluding hydrogens is 268 g/mol. The summed E-state index contributed by atoms with van der Waals surface area (Å²) in [6.45, 7) is 7.80. The number of hydrogen-bond acceptors (Lipinski definition) is 4. The molecule has 0 bridgehead atoms. The van der Waals surface area contributed by atoms with E-state index in [4.69, 9.17) is 4.42 Å². The standard InChI is InChI=1S/C14H20N6O/c1-3-8-16-14(15-4-2)17-9-7-12-18-13(20-19-12)11-6-5-10-21-11/h3,5-6,10H,1,4,7-9H2,2H3,(H2,15,16,17)(H,18,19,20). The molecule has 0 aliphatic heterocycles. The summed E-state index contributed by atoms with van der Waals surface area (Å²) in [5.74, 6) is 2.77. The van der Waals surface area contributed by atoms with Gasteiger partial charge in [-0.15, -0.1) is 6.58 Å². The maximum absolute atomic E-state index is 5.25. The van der Waals surface area contributed by atoms with Crippen LogP contribution in [0.5, 0.6) is 0 Å². The summed E-state index contributed by atoms with van der Waals surface area (Å²) in [6, 6.07) is 3.64. The zero-order valence-electron chi connectivity index (χ0n) is 12.1. The lowest BCUT2D eigenvalue weighted by Gasteiger charge is -2.08. The Morgan fingerprint density at radius 3 is 3.14 bits per heavy atom. The van der Waals surface area contributed by atoms with E-state index in [2.05, 4.69) is 37.4 Å². The summed E-state index contributed by atoms with van der Waals surface area (Å²) in [5.41, 5.74) is 0. The van der Waals surface area contributed by atoms with Crippen molar-refractivity contribution in [2.45, 2.75) is 13.3 Å². The van der Waals surface area contributed by atoms with Gasteiger partial charge in [0.25, 0.3) is 0 Å². The van der Waals surface area contributed by atoms with Crippen molar-refractivity contribution >= 4 is 5.96 Å². The second kappa shape index (κ2) is 7.88. The molecule has 0 spiro atoms. The molecule has 112 valence electrons. The Hall–Kier alpha value is -2.57. The molecule has 0 amide bonds. The number of nitrogens with one attached hydrogen (secondary N) is 3. The van der Waals surface area contributed by atoms with Gasteiger partial charge < -0.3 is 15.1 Å². The van der Waals surface area contributed by atoms with Crippen LogP contribution in [0.2, 0.25) is 0 Å². The Labute approximate surface area is 123 Å². The molecule has 2 aromatic heterocycles. The van der Waals surface area contributed by atoms with E-state index in [1.165, 1.54) is 0 Å². The Kier molecular flexibility index (Phi) is 5.57. The molecule has 0 fully saturated rings. The van der Waals surface area contributed by atoms with Gasteiger partial charge >= 0.3 is 0 Å². The highest BCUT2D eigenvalue weighted by Crippen LogP contribution is 2.14. The van der Waals surface area contributed by atoms with Crippen molar-refractivity contribution in [2.75, 3.05) is 19.6 Å². The molecule has 0 unspecified atom stereocenters. The van der Waals surface area contributed by atoms with Crippen LogP contribution in [0.25, 0.3) is 11.6 Å². The highest BCUT2D eigenvalue weighted by atomic mass is 16.3. The van der Waals surface area contributed by atoms with Crippen molar-refractivity contribution in [2.24, 2.45) is 4.99 Å². The number of aromatic nitrogens is 3. The third-order valence-corrected chi connectivity index (χ3v) is 2.65. The maximum Gasteiger partial charge on any atom is 0.216 e. The van der Waals surface area contributed by atoms with E-state index in [1.54, 1.807) is 12.3 Å². The number of aliphatic imine (C=N–C) groups is 1. The fraction of sp³-hybridized carbons (Fsp3) is 0.357. The zero-order valence-corrected chi connectivity index (χ0v) is 12.1. The summed E-state index contributed by atoms with van der Waals surface area (Å²) in [5, 5.41) is 13.3. The molecule has 0 saturated carbocycles. The van der Waals surface area contributed by atoms with Crippen LogP contribution in [0.15, 0.2) is 40.5 Å². The average Bonchev–Trinajstić information content (AvgIpc) is 3.15. The van der Waals surface area contributed by atoms with Gasteiger partial charge in [-0.05, 0) is 19.1 Å². The van der Waals surface area contributed by atoms with Crippen LogP contribution < -0.4 is 10.6 Å². The number of nitrogens with zero attached hydrogens (tertiary/aromatic N) is 3.